The number of rotatable bonds is 4. The number of fused-ring (bicyclic) bond motifs is 1. The first kappa shape index (κ1) is 21.4. The topological polar surface area (TPSA) is 119 Å². The molecule has 0 aliphatic rings. The number of carbonyl (C=O) groups is 1. The molecule has 0 spiro atoms. The molecule has 0 radical (unpaired) electrons. The summed E-state index contributed by atoms with van der Waals surface area (Å²) in [5.74, 6) is -3.67. The highest BCUT2D eigenvalue weighted by atomic mass is 32.1. The molecule has 1 amide bonds. The summed E-state index contributed by atoms with van der Waals surface area (Å²) in [6.45, 7) is 1.58. The molecule has 0 aliphatic heterocycles. The summed E-state index contributed by atoms with van der Waals surface area (Å²) in [4.78, 5) is 41.4. The van der Waals surface area contributed by atoms with E-state index in [1.807, 2.05) is 0 Å². The molecule has 0 aliphatic carbocycles. The van der Waals surface area contributed by atoms with Crippen molar-refractivity contribution in [3.8, 4) is 17.0 Å². The first-order valence-corrected chi connectivity index (χ1v) is 10.1. The smallest absolute Gasteiger partial charge is 0.333 e. The molecule has 4 rings (SSSR count). The van der Waals surface area contributed by atoms with Gasteiger partial charge in [-0.15, -0.1) is 11.3 Å². The number of nitrogens with zero attached hydrogens (tertiary/aromatic N) is 3. The lowest BCUT2D eigenvalue weighted by molar-refractivity contribution is -0.115. The van der Waals surface area contributed by atoms with Crippen LogP contribution < -0.4 is 16.6 Å². The molecule has 0 saturated carbocycles. The predicted molar refractivity (Wildman–Crippen MR) is 113 cm³/mol. The van der Waals surface area contributed by atoms with E-state index in [9.17, 15) is 28.3 Å². The number of thiazole rings is 1. The highest BCUT2D eigenvalue weighted by Crippen LogP contribution is 2.31. The number of phenols is 1. The minimum atomic E-state index is -1.39. The number of anilines is 1. The fourth-order valence-corrected chi connectivity index (χ4v) is 4.04. The summed E-state index contributed by atoms with van der Waals surface area (Å²) in [7, 11) is 2.79. The predicted octanol–water partition coefficient (Wildman–Crippen LogP) is 2.43. The summed E-state index contributed by atoms with van der Waals surface area (Å²) < 4.78 is 35.3. The fourth-order valence-electron chi connectivity index (χ4n) is 3.31. The van der Waals surface area contributed by atoms with Crippen LogP contribution in [0.1, 0.15) is 11.3 Å². The number of aryl methyl sites for hydroxylation is 2. The van der Waals surface area contributed by atoms with E-state index in [2.05, 4.69) is 10.3 Å². The quantitative estimate of drug-likeness (QED) is 0.481. The van der Waals surface area contributed by atoms with Crippen molar-refractivity contribution in [2.24, 2.45) is 14.1 Å². The molecule has 0 bridgehead atoms. The normalized spacial score (nSPS) is 11.3. The van der Waals surface area contributed by atoms with Gasteiger partial charge in [-0.2, -0.15) is 4.39 Å². The van der Waals surface area contributed by atoms with Crippen molar-refractivity contribution in [3.63, 3.8) is 0 Å². The van der Waals surface area contributed by atoms with Gasteiger partial charge in [0.05, 0.1) is 12.1 Å². The first-order chi connectivity index (χ1) is 15.1. The Bertz CT molecular complexity index is 1520. The van der Waals surface area contributed by atoms with Crippen LogP contribution in [0.4, 0.5) is 13.9 Å². The minimum Gasteiger partial charge on any atom is -0.505 e. The second-order valence-corrected chi connectivity index (χ2v) is 7.90. The third kappa shape index (κ3) is 3.38. The zero-order chi connectivity index (χ0) is 23.3. The number of halogens is 2. The molecular weight excluding hydrogens is 446 g/mol. The molecule has 32 heavy (non-hydrogen) atoms. The van der Waals surface area contributed by atoms with Gasteiger partial charge in [-0.3, -0.25) is 18.7 Å². The van der Waals surface area contributed by atoms with Gasteiger partial charge in [0.2, 0.25) is 17.4 Å². The van der Waals surface area contributed by atoms with Gasteiger partial charge in [0.1, 0.15) is 11.1 Å². The first-order valence-electron chi connectivity index (χ1n) is 9.20. The van der Waals surface area contributed by atoms with Crippen LogP contribution in [0, 0.1) is 18.6 Å². The van der Waals surface area contributed by atoms with Crippen LogP contribution in [-0.2, 0) is 25.3 Å². The number of hydrogen-bond donors (Lipinski definition) is 2. The summed E-state index contributed by atoms with van der Waals surface area (Å²) in [6.07, 6.45) is -0.233. The van der Waals surface area contributed by atoms with E-state index >= 15 is 0 Å². The van der Waals surface area contributed by atoms with Crippen molar-refractivity contribution in [1.82, 2.24) is 14.1 Å². The lowest BCUT2D eigenvalue weighted by Gasteiger charge is -2.04. The van der Waals surface area contributed by atoms with Crippen LogP contribution in [-0.4, -0.2) is 25.1 Å². The molecule has 2 N–H and O–H groups in total. The van der Waals surface area contributed by atoms with Gasteiger partial charge >= 0.3 is 5.69 Å². The zero-order valence-electron chi connectivity index (χ0n) is 17.0. The fraction of sp³-hybridized carbons (Fsp3) is 0.200. The average molecular weight is 462 g/mol. The Balaban J connectivity index is 1.62. The van der Waals surface area contributed by atoms with Gasteiger partial charge in [-0.25, -0.2) is 14.2 Å². The average Bonchev–Trinajstić information content (AvgIpc) is 3.34. The van der Waals surface area contributed by atoms with Crippen LogP contribution in [0.3, 0.4) is 0 Å². The monoisotopic (exact) mass is 462 g/mol. The van der Waals surface area contributed by atoms with E-state index in [1.165, 1.54) is 30.1 Å². The van der Waals surface area contributed by atoms with Crippen LogP contribution in [0.25, 0.3) is 22.4 Å². The second-order valence-electron chi connectivity index (χ2n) is 7.05. The van der Waals surface area contributed by atoms with E-state index in [4.69, 9.17) is 4.42 Å². The summed E-state index contributed by atoms with van der Waals surface area (Å²) in [6, 6.07) is 2.18. The zero-order valence-corrected chi connectivity index (χ0v) is 17.8. The Hall–Kier alpha value is -3.80. The number of benzene rings is 1. The van der Waals surface area contributed by atoms with Gasteiger partial charge in [0.15, 0.2) is 16.7 Å². The second kappa shape index (κ2) is 7.71. The SMILES string of the molecule is Cc1oc2c(c1CC(=O)Nc1nc(-c3ccc(O)c(F)c3F)cs1)c(=O)n(C)c(=O)n2C. The van der Waals surface area contributed by atoms with Crippen LogP contribution in [0.15, 0.2) is 31.5 Å². The van der Waals surface area contributed by atoms with Crippen molar-refractivity contribution in [2.75, 3.05) is 5.32 Å². The Labute approximate surface area is 182 Å². The highest BCUT2D eigenvalue weighted by molar-refractivity contribution is 7.14. The maximum atomic E-state index is 14.1. The number of aromatic hydroxyl groups is 1. The largest absolute Gasteiger partial charge is 0.505 e. The standard InChI is InChI=1S/C20H16F2N4O5S/c1-8-10(14-17(29)25(2)20(30)26(3)18(14)31-8)6-13(28)24-19-23-11(7-32-19)9-4-5-12(27)16(22)15(9)21/h4-5,7,27H,6H2,1-3H3,(H,23,24,28). The van der Waals surface area contributed by atoms with Gasteiger partial charge < -0.3 is 14.8 Å². The van der Waals surface area contributed by atoms with E-state index in [1.54, 1.807) is 6.92 Å². The molecule has 3 heterocycles. The maximum absolute atomic E-state index is 14.1. The number of nitrogens with one attached hydrogen (secondary N) is 1. The van der Waals surface area contributed by atoms with Gasteiger partial charge in [-0.1, -0.05) is 0 Å². The Kier molecular flexibility index (Phi) is 5.17. The van der Waals surface area contributed by atoms with E-state index in [-0.39, 0.29) is 33.9 Å². The molecule has 4 aromatic rings. The van der Waals surface area contributed by atoms with Gasteiger partial charge in [0, 0.05) is 30.6 Å². The van der Waals surface area contributed by atoms with E-state index < -0.39 is 34.5 Å². The molecule has 3 aromatic heterocycles. The van der Waals surface area contributed by atoms with Crippen molar-refractivity contribution in [3.05, 3.63) is 61.3 Å². The number of carbonyl (C=O) groups excluding carboxylic acids is 1. The Morgan fingerprint density at radius 2 is 1.94 bits per heavy atom. The number of phenolic OH excluding ortho intramolecular Hbond substituents is 1. The van der Waals surface area contributed by atoms with Crippen molar-refractivity contribution in [2.45, 2.75) is 13.3 Å². The van der Waals surface area contributed by atoms with Crippen LogP contribution in [0.5, 0.6) is 5.75 Å². The Morgan fingerprint density at radius 3 is 2.66 bits per heavy atom. The molecule has 9 nitrogen and oxygen atoms in total. The molecule has 0 unspecified atom stereocenters. The molecule has 1 aromatic carbocycles. The van der Waals surface area contributed by atoms with E-state index in [0.29, 0.717) is 11.3 Å². The van der Waals surface area contributed by atoms with E-state index in [0.717, 1.165) is 22.0 Å². The molecule has 0 saturated heterocycles. The number of amides is 1. The number of furan rings is 1. The summed E-state index contributed by atoms with van der Waals surface area (Å²) in [5.41, 5.74) is -0.824. The summed E-state index contributed by atoms with van der Waals surface area (Å²) in [5, 5.41) is 13.5. The molecule has 0 atom stereocenters. The Morgan fingerprint density at radius 1 is 1.22 bits per heavy atom. The van der Waals surface area contributed by atoms with Crippen molar-refractivity contribution in [1.29, 1.82) is 0 Å². The molecule has 166 valence electrons. The molecule has 12 heteroatoms. The maximum Gasteiger partial charge on any atom is 0.333 e. The number of hydrogen-bond acceptors (Lipinski definition) is 7. The third-order valence-corrected chi connectivity index (χ3v) is 5.77. The van der Waals surface area contributed by atoms with Crippen molar-refractivity contribution < 1.29 is 23.1 Å². The highest BCUT2D eigenvalue weighted by Gasteiger charge is 2.22. The lowest BCUT2D eigenvalue weighted by Crippen LogP contribution is -2.36. The van der Waals surface area contributed by atoms with Gasteiger partial charge in [0.25, 0.3) is 5.56 Å². The third-order valence-electron chi connectivity index (χ3n) is 5.01. The minimum absolute atomic E-state index is 0.0692. The van der Waals surface area contributed by atoms with Gasteiger partial charge in [-0.05, 0) is 19.1 Å². The number of aromatic nitrogens is 3. The van der Waals surface area contributed by atoms with Crippen LogP contribution >= 0.6 is 11.3 Å². The molecular formula is C20H16F2N4O5S. The van der Waals surface area contributed by atoms with Crippen molar-refractivity contribution >= 4 is 33.5 Å². The summed E-state index contributed by atoms with van der Waals surface area (Å²) >= 11 is 0.993. The molecule has 0 fully saturated rings. The lowest BCUT2D eigenvalue weighted by atomic mass is 10.1. The van der Waals surface area contributed by atoms with Crippen LogP contribution in [0.2, 0.25) is 0 Å².